The smallest absolute Gasteiger partial charge is 0.273 e. The van der Waals surface area contributed by atoms with Crippen LogP contribution in [0.1, 0.15) is 12.8 Å². The number of non-ortho nitro benzene ring substituents is 1. The van der Waals surface area contributed by atoms with Gasteiger partial charge in [-0.15, -0.1) is 0 Å². The molecule has 0 aromatic heterocycles. The van der Waals surface area contributed by atoms with E-state index in [9.17, 15) is 10.1 Å². The Morgan fingerprint density at radius 3 is 2.71 bits per heavy atom. The van der Waals surface area contributed by atoms with Crippen molar-refractivity contribution in [3.05, 3.63) is 34.4 Å². The Bertz CT molecular complexity index is 459. The molecule has 0 unspecified atom stereocenters. The van der Waals surface area contributed by atoms with Crippen molar-refractivity contribution in [1.82, 2.24) is 0 Å². The number of likely N-dealkylation sites (N-methyl/N-ethyl adjacent to an activating group) is 1. The monoisotopic (exact) mass is 295 g/mol. The fourth-order valence-corrected chi connectivity index (χ4v) is 2.63. The number of nitrogens with one attached hydrogen (secondary N) is 2. The highest BCUT2D eigenvalue weighted by Crippen LogP contribution is 2.19. The molecule has 0 spiro atoms. The van der Waals surface area contributed by atoms with E-state index in [1.54, 1.807) is 21.9 Å². The predicted octanol–water partition coefficient (Wildman–Crippen LogP) is -0.833. The zero-order valence-electron chi connectivity index (χ0n) is 12.6. The molecule has 0 atom stereocenters. The first kappa shape index (κ1) is 15.7. The third-order valence-corrected chi connectivity index (χ3v) is 4.03. The standard InChI is InChI=1S/C15H23N3O3/c1-16-8-10-17(11-9-16)7-2-3-12-21-15-6-4-5-14(13-15)18(19)20/h4-6,13H,2-3,7-12H2,1H3/p+2. The van der Waals surface area contributed by atoms with Gasteiger partial charge >= 0.3 is 0 Å². The summed E-state index contributed by atoms with van der Waals surface area (Å²) in [6.45, 7) is 6.87. The Morgan fingerprint density at radius 2 is 2.00 bits per heavy atom. The highest BCUT2D eigenvalue weighted by atomic mass is 16.6. The highest BCUT2D eigenvalue weighted by Gasteiger charge is 2.18. The number of quaternary nitrogens is 2. The molecule has 1 fully saturated rings. The van der Waals surface area contributed by atoms with Crippen LogP contribution in [0.15, 0.2) is 24.3 Å². The molecule has 0 saturated carbocycles. The number of nitro groups is 1. The second-order valence-corrected chi connectivity index (χ2v) is 5.77. The molecule has 21 heavy (non-hydrogen) atoms. The molecule has 2 N–H and O–H groups in total. The van der Waals surface area contributed by atoms with Gasteiger partial charge in [-0.2, -0.15) is 0 Å². The molecule has 6 heteroatoms. The molecule has 2 rings (SSSR count). The number of ether oxygens (including phenoxy) is 1. The quantitative estimate of drug-likeness (QED) is 0.392. The molecule has 0 aliphatic carbocycles. The van der Waals surface area contributed by atoms with Crippen LogP contribution in [0.3, 0.4) is 0 Å². The van der Waals surface area contributed by atoms with Crippen molar-refractivity contribution in [3.63, 3.8) is 0 Å². The number of benzene rings is 1. The maximum atomic E-state index is 10.7. The van der Waals surface area contributed by atoms with Crippen molar-refractivity contribution in [1.29, 1.82) is 0 Å². The Kier molecular flexibility index (Phi) is 5.95. The van der Waals surface area contributed by atoms with Crippen molar-refractivity contribution in [3.8, 4) is 5.75 Å². The first-order valence-electron chi connectivity index (χ1n) is 7.67. The summed E-state index contributed by atoms with van der Waals surface area (Å²) in [5.41, 5.74) is 0.0804. The van der Waals surface area contributed by atoms with Gasteiger partial charge in [-0.3, -0.25) is 10.1 Å². The second kappa shape index (κ2) is 7.95. The minimum absolute atomic E-state index is 0.0804. The molecule has 6 nitrogen and oxygen atoms in total. The summed E-state index contributed by atoms with van der Waals surface area (Å²) in [4.78, 5) is 13.6. The number of nitro benzene ring substituents is 1. The molecule has 1 aliphatic heterocycles. The second-order valence-electron chi connectivity index (χ2n) is 5.77. The van der Waals surface area contributed by atoms with E-state index in [0.29, 0.717) is 12.4 Å². The number of unbranched alkanes of at least 4 members (excludes halogenated alkanes) is 1. The van der Waals surface area contributed by atoms with Gasteiger partial charge in [0.05, 0.1) is 31.2 Å². The number of hydrogen-bond acceptors (Lipinski definition) is 3. The van der Waals surface area contributed by atoms with E-state index in [1.165, 1.54) is 44.9 Å². The van der Waals surface area contributed by atoms with Crippen molar-refractivity contribution >= 4 is 5.69 Å². The molecule has 116 valence electrons. The maximum absolute atomic E-state index is 10.7. The zero-order valence-corrected chi connectivity index (χ0v) is 12.6. The van der Waals surface area contributed by atoms with E-state index in [0.717, 1.165) is 12.8 Å². The number of piperazine rings is 1. The van der Waals surface area contributed by atoms with E-state index in [-0.39, 0.29) is 5.69 Å². The Balaban J connectivity index is 1.61. The summed E-state index contributed by atoms with van der Waals surface area (Å²) in [7, 11) is 2.25. The summed E-state index contributed by atoms with van der Waals surface area (Å²) >= 11 is 0. The first-order chi connectivity index (χ1) is 10.1. The molecule has 1 heterocycles. The Labute approximate surface area is 125 Å². The van der Waals surface area contributed by atoms with E-state index in [4.69, 9.17) is 4.74 Å². The average Bonchev–Trinajstić information content (AvgIpc) is 2.49. The van der Waals surface area contributed by atoms with Gasteiger partial charge in [-0.05, 0) is 18.9 Å². The van der Waals surface area contributed by atoms with Crippen LogP contribution in [-0.2, 0) is 0 Å². The summed E-state index contributed by atoms with van der Waals surface area (Å²) in [5, 5.41) is 10.7. The summed E-state index contributed by atoms with van der Waals surface area (Å²) in [5.74, 6) is 0.583. The van der Waals surface area contributed by atoms with E-state index < -0.39 is 4.92 Å². The molecular formula is C15H25N3O3+2. The SMILES string of the molecule is C[NH+]1CC[NH+](CCCCOc2cccc([N+](=O)[O-])c2)CC1. The third kappa shape index (κ3) is 5.32. The van der Waals surface area contributed by atoms with Crippen molar-refractivity contribution in [2.24, 2.45) is 0 Å². The number of hydrogen-bond donors (Lipinski definition) is 2. The van der Waals surface area contributed by atoms with Gasteiger partial charge < -0.3 is 14.5 Å². The van der Waals surface area contributed by atoms with Gasteiger partial charge in [0.1, 0.15) is 31.9 Å². The third-order valence-electron chi connectivity index (χ3n) is 4.03. The lowest BCUT2D eigenvalue weighted by Gasteiger charge is -2.27. The lowest BCUT2D eigenvalue weighted by atomic mass is 10.2. The molecule has 0 amide bonds. The van der Waals surface area contributed by atoms with Gasteiger partial charge in [0.25, 0.3) is 5.69 Å². The van der Waals surface area contributed by atoms with Crippen LogP contribution in [0.25, 0.3) is 0 Å². The zero-order chi connectivity index (χ0) is 15.1. The van der Waals surface area contributed by atoms with E-state index in [2.05, 4.69) is 7.05 Å². The van der Waals surface area contributed by atoms with Gasteiger partial charge in [0, 0.05) is 6.07 Å². The van der Waals surface area contributed by atoms with Gasteiger partial charge in [0.2, 0.25) is 0 Å². The molecule has 1 aliphatic rings. The number of rotatable bonds is 7. The van der Waals surface area contributed by atoms with Crippen LogP contribution in [0.5, 0.6) is 5.75 Å². The molecule has 0 radical (unpaired) electrons. The highest BCUT2D eigenvalue weighted by molar-refractivity contribution is 5.37. The normalized spacial score (nSPS) is 22.0. The largest absolute Gasteiger partial charge is 0.493 e. The van der Waals surface area contributed by atoms with Crippen LogP contribution in [0.4, 0.5) is 5.69 Å². The Morgan fingerprint density at radius 1 is 1.24 bits per heavy atom. The summed E-state index contributed by atoms with van der Waals surface area (Å²) in [6.07, 6.45) is 2.14. The topological polar surface area (TPSA) is 61.2 Å². The van der Waals surface area contributed by atoms with Gasteiger partial charge in [0.15, 0.2) is 0 Å². The summed E-state index contributed by atoms with van der Waals surface area (Å²) in [6, 6.07) is 6.38. The fraction of sp³-hybridized carbons (Fsp3) is 0.600. The number of nitrogens with zero attached hydrogens (tertiary/aromatic N) is 1. The lowest BCUT2D eigenvalue weighted by molar-refractivity contribution is -1.00. The lowest BCUT2D eigenvalue weighted by Crippen LogP contribution is -3.27. The average molecular weight is 295 g/mol. The molecule has 0 bridgehead atoms. The van der Waals surface area contributed by atoms with Crippen LogP contribution in [0.2, 0.25) is 0 Å². The molecule has 1 saturated heterocycles. The summed E-state index contributed by atoms with van der Waals surface area (Å²) < 4.78 is 5.59. The maximum Gasteiger partial charge on any atom is 0.273 e. The predicted molar refractivity (Wildman–Crippen MR) is 80.0 cm³/mol. The minimum Gasteiger partial charge on any atom is -0.493 e. The van der Waals surface area contributed by atoms with E-state index >= 15 is 0 Å². The van der Waals surface area contributed by atoms with Crippen molar-refractivity contribution in [2.45, 2.75) is 12.8 Å². The van der Waals surface area contributed by atoms with Crippen LogP contribution >= 0.6 is 0 Å². The molecular weight excluding hydrogens is 270 g/mol. The fourth-order valence-electron chi connectivity index (χ4n) is 2.63. The minimum atomic E-state index is -0.397. The van der Waals surface area contributed by atoms with Gasteiger partial charge in [-0.1, -0.05) is 6.07 Å². The molecule has 1 aromatic carbocycles. The Hall–Kier alpha value is -1.66. The molecule has 1 aromatic rings. The van der Waals surface area contributed by atoms with Crippen molar-refractivity contribution in [2.75, 3.05) is 46.4 Å². The first-order valence-corrected chi connectivity index (χ1v) is 7.67. The van der Waals surface area contributed by atoms with Crippen molar-refractivity contribution < 1.29 is 19.5 Å². The van der Waals surface area contributed by atoms with Gasteiger partial charge in [-0.25, -0.2) is 0 Å². The van der Waals surface area contributed by atoms with Crippen LogP contribution in [-0.4, -0.2) is 51.3 Å². The van der Waals surface area contributed by atoms with Crippen LogP contribution < -0.4 is 14.5 Å². The van der Waals surface area contributed by atoms with Crippen LogP contribution in [0, 0.1) is 10.1 Å². The van der Waals surface area contributed by atoms with E-state index in [1.807, 2.05) is 0 Å².